The molecular weight excluding hydrogens is 552 g/mol. The normalized spacial score (nSPS) is 16.7. The molecule has 0 bridgehead atoms. The number of nitrogens with zero attached hydrogens (tertiary/aromatic N) is 2. The Labute approximate surface area is 259 Å². The van der Waals surface area contributed by atoms with Gasteiger partial charge < -0.3 is 9.73 Å². The first-order chi connectivity index (χ1) is 22.3. The number of hydrogen-bond acceptors (Lipinski definition) is 5. The molecule has 8 aromatic rings. The van der Waals surface area contributed by atoms with Crippen molar-refractivity contribution in [2.45, 2.75) is 12.3 Å². The van der Waals surface area contributed by atoms with Gasteiger partial charge in [-0.3, -0.25) is 5.32 Å². The number of amidine groups is 1. The fourth-order valence-electron chi connectivity index (χ4n) is 6.51. The van der Waals surface area contributed by atoms with Crippen molar-refractivity contribution in [3.05, 3.63) is 162 Å². The first kappa shape index (κ1) is 25.7. The number of aromatic nitrogens is 1. The summed E-state index contributed by atoms with van der Waals surface area (Å²) in [6.45, 7) is 0. The van der Waals surface area contributed by atoms with Crippen LogP contribution in [-0.2, 0) is 0 Å². The lowest BCUT2D eigenvalue weighted by Gasteiger charge is -2.32. The van der Waals surface area contributed by atoms with Crippen molar-refractivity contribution in [2.75, 3.05) is 0 Å². The first-order valence-electron chi connectivity index (χ1n) is 15.2. The molecule has 1 aliphatic heterocycles. The highest BCUT2D eigenvalue weighted by Crippen LogP contribution is 2.34. The maximum Gasteiger partial charge on any atom is 0.227 e. The van der Waals surface area contributed by atoms with Crippen molar-refractivity contribution >= 4 is 49.4 Å². The van der Waals surface area contributed by atoms with Gasteiger partial charge in [-0.2, -0.15) is 0 Å². The van der Waals surface area contributed by atoms with Gasteiger partial charge in [-0.15, -0.1) is 0 Å². The number of rotatable bonds is 4. The molecule has 2 unspecified atom stereocenters. The van der Waals surface area contributed by atoms with Gasteiger partial charge in [0.1, 0.15) is 23.8 Å². The van der Waals surface area contributed by atoms with Gasteiger partial charge in [-0.25, -0.2) is 9.98 Å². The molecule has 5 nitrogen and oxygen atoms in total. The topological polar surface area (TPSA) is 62.5 Å². The van der Waals surface area contributed by atoms with Crippen molar-refractivity contribution in [3.63, 3.8) is 0 Å². The van der Waals surface area contributed by atoms with Crippen LogP contribution in [0.4, 0.5) is 0 Å². The molecule has 2 atom stereocenters. The standard InChI is InChI=1S/C40H28N4O/c1-3-9-29-23-31(20-16-25(29)7-1)27-14-18-28(19-15-27)37-42-38(32-21-17-26-8-2-4-10-30(26)24-32)44-39(43-37)33-11-5-13-35-36(33)34-12-6-22-41-40(34)45-35/h1-24,37-38,42H,(H,43,44). The molecule has 0 amide bonds. The molecule has 0 aliphatic carbocycles. The summed E-state index contributed by atoms with van der Waals surface area (Å²) >= 11 is 0. The van der Waals surface area contributed by atoms with Gasteiger partial charge >= 0.3 is 0 Å². The van der Waals surface area contributed by atoms with E-state index < -0.39 is 0 Å². The average molecular weight is 581 g/mol. The molecule has 0 saturated carbocycles. The van der Waals surface area contributed by atoms with Gasteiger partial charge in [-0.1, -0.05) is 109 Å². The fraction of sp³-hybridized carbons (Fsp3) is 0.0500. The number of aliphatic imine (C=N–C) groups is 1. The average Bonchev–Trinajstić information content (AvgIpc) is 3.50. The minimum atomic E-state index is -0.269. The highest BCUT2D eigenvalue weighted by molar-refractivity contribution is 6.17. The van der Waals surface area contributed by atoms with Crippen LogP contribution in [0.3, 0.4) is 0 Å². The number of fused-ring (bicyclic) bond motifs is 5. The molecule has 2 N–H and O–H groups in total. The maximum absolute atomic E-state index is 6.13. The van der Waals surface area contributed by atoms with Crippen molar-refractivity contribution in [2.24, 2.45) is 4.99 Å². The maximum atomic E-state index is 6.13. The van der Waals surface area contributed by atoms with Crippen LogP contribution in [0.5, 0.6) is 0 Å². The zero-order valence-corrected chi connectivity index (χ0v) is 24.3. The van der Waals surface area contributed by atoms with E-state index in [9.17, 15) is 0 Å². The third-order valence-electron chi connectivity index (χ3n) is 8.81. The van der Waals surface area contributed by atoms with Crippen LogP contribution in [0.1, 0.15) is 29.0 Å². The molecule has 2 aromatic heterocycles. The third-order valence-corrected chi connectivity index (χ3v) is 8.81. The minimum Gasteiger partial charge on any atom is -0.438 e. The van der Waals surface area contributed by atoms with E-state index in [4.69, 9.17) is 9.41 Å². The predicted octanol–water partition coefficient (Wildman–Crippen LogP) is 9.29. The van der Waals surface area contributed by atoms with E-state index in [2.05, 4.69) is 137 Å². The summed E-state index contributed by atoms with van der Waals surface area (Å²) < 4.78 is 6.13. The summed E-state index contributed by atoms with van der Waals surface area (Å²) in [5.74, 6) is 0.813. The molecule has 9 rings (SSSR count). The number of pyridine rings is 1. The van der Waals surface area contributed by atoms with E-state index in [0.717, 1.165) is 38.9 Å². The first-order valence-corrected chi connectivity index (χ1v) is 15.2. The SMILES string of the molecule is c1ccc2cc(-c3ccc(C4N=C(c5cccc6oc7ncccc7c56)NC(c5ccc6ccccc6c5)N4)cc3)ccc2c1. The third kappa shape index (κ3) is 4.53. The molecule has 0 saturated heterocycles. The zero-order chi connectivity index (χ0) is 29.7. The van der Waals surface area contributed by atoms with Crippen LogP contribution in [0.15, 0.2) is 155 Å². The highest BCUT2D eigenvalue weighted by atomic mass is 16.3. The van der Waals surface area contributed by atoms with Crippen LogP contribution in [0.25, 0.3) is 54.7 Å². The van der Waals surface area contributed by atoms with E-state index in [1.54, 1.807) is 6.20 Å². The van der Waals surface area contributed by atoms with Gasteiger partial charge in [-0.05, 0) is 74.1 Å². The summed E-state index contributed by atoms with van der Waals surface area (Å²) in [7, 11) is 0. The van der Waals surface area contributed by atoms with Gasteiger partial charge in [0.2, 0.25) is 5.71 Å². The van der Waals surface area contributed by atoms with Crippen LogP contribution < -0.4 is 10.6 Å². The molecule has 0 fully saturated rings. The molecule has 45 heavy (non-hydrogen) atoms. The van der Waals surface area contributed by atoms with Crippen LogP contribution in [0.2, 0.25) is 0 Å². The smallest absolute Gasteiger partial charge is 0.227 e. The summed E-state index contributed by atoms with van der Waals surface area (Å²) in [4.78, 5) is 9.74. The molecule has 5 heteroatoms. The molecule has 3 heterocycles. The summed E-state index contributed by atoms with van der Waals surface area (Å²) in [6.07, 6.45) is 1.33. The molecule has 0 spiro atoms. The number of hydrogen-bond donors (Lipinski definition) is 2. The Bertz CT molecular complexity index is 2410. The quantitative estimate of drug-likeness (QED) is 0.218. The largest absolute Gasteiger partial charge is 0.438 e. The second-order valence-corrected chi connectivity index (χ2v) is 11.6. The molecular formula is C40H28N4O. The van der Waals surface area contributed by atoms with Crippen LogP contribution >= 0.6 is 0 Å². The van der Waals surface area contributed by atoms with Crippen LogP contribution in [-0.4, -0.2) is 10.8 Å². The van der Waals surface area contributed by atoms with Crippen LogP contribution in [0, 0.1) is 0 Å². The Morgan fingerprint density at radius 2 is 1.29 bits per heavy atom. The molecule has 214 valence electrons. The Kier molecular flexibility index (Phi) is 5.96. The second-order valence-electron chi connectivity index (χ2n) is 11.6. The Balaban J connectivity index is 1.14. The van der Waals surface area contributed by atoms with Crippen molar-refractivity contribution in [1.29, 1.82) is 0 Å². The lowest BCUT2D eigenvalue weighted by molar-refractivity contribution is 0.409. The Morgan fingerprint density at radius 3 is 2.11 bits per heavy atom. The zero-order valence-electron chi connectivity index (χ0n) is 24.3. The number of nitrogens with one attached hydrogen (secondary N) is 2. The van der Waals surface area contributed by atoms with Gasteiger partial charge in [0, 0.05) is 22.5 Å². The van der Waals surface area contributed by atoms with E-state index >= 15 is 0 Å². The lowest BCUT2D eigenvalue weighted by atomic mass is 9.99. The second kappa shape index (κ2) is 10.4. The minimum absolute atomic E-state index is 0.168. The number of benzene rings is 6. The van der Waals surface area contributed by atoms with E-state index in [-0.39, 0.29) is 12.3 Å². The van der Waals surface area contributed by atoms with Crippen molar-refractivity contribution in [1.82, 2.24) is 15.6 Å². The molecule has 6 aromatic carbocycles. The highest BCUT2D eigenvalue weighted by Gasteiger charge is 2.27. The Morgan fingerprint density at radius 1 is 0.578 bits per heavy atom. The summed E-state index contributed by atoms with van der Waals surface area (Å²) in [6, 6.07) is 49.1. The lowest BCUT2D eigenvalue weighted by Crippen LogP contribution is -2.45. The molecule has 1 aliphatic rings. The van der Waals surface area contributed by atoms with Gasteiger partial charge in [0.05, 0.1) is 0 Å². The fourth-order valence-corrected chi connectivity index (χ4v) is 6.51. The van der Waals surface area contributed by atoms with E-state index in [1.165, 1.54) is 32.7 Å². The van der Waals surface area contributed by atoms with Crippen molar-refractivity contribution in [3.8, 4) is 11.1 Å². The van der Waals surface area contributed by atoms with E-state index in [1.807, 2.05) is 18.2 Å². The Hall–Kier alpha value is -5.78. The van der Waals surface area contributed by atoms with Crippen molar-refractivity contribution < 1.29 is 4.42 Å². The monoisotopic (exact) mass is 580 g/mol. The summed E-state index contributed by atoms with van der Waals surface area (Å²) in [5.41, 5.74) is 7.02. The van der Waals surface area contributed by atoms with Gasteiger partial charge in [0.15, 0.2) is 0 Å². The van der Waals surface area contributed by atoms with E-state index in [0.29, 0.717) is 5.71 Å². The molecule has 0 radical (unpaired) electrons. The number of furan rings is 1. The van der Waals surface area contributed by atoms with Gasteiger partial charge in [0.25, 0.3) is 0 Å². The summed E-state index contributed by atoms with van der Waals surface area (Å²) in [5, 5.41) is 14.4. The predicted molar refractivity (Wildman–Crippen MR) is 183 cm³/mol.